The van der Waals surface area contributed by atoms with Crippen molar-refractivity contribution < 1.29 is 4.79 Å². The van der Waals surface area contributed by atoms with Crippen LogP contribution in [-0.2, 0) is 17.8 Å². The van der Waals surface area contributed by atoms with Gasteiger partial charge in [0, 0.05) is 19.3 Å². The van der Waals surface area contributed by atoms with Crippen LogP contribution in [0, 0.1) is 0 Å². The van der Waals surface area contributed by atoms with Crippen LogP contribution in [0.25, 0.3) is 5.57 Å². The fourth-order valence-electron chi connectivity index (χ4n) is 2.69. The number of carbonyl (C=O) groups is 1. The third-order valence-corrected chi connectivity index (χ3v) is 3.79. The minimum Gasteiger partial charge on any atom is -0.372 e. The number of rotatable bonds is 4. The Labute approximate surface area is 124 Å². The summed E-state index contributed by atoms with van der Waals surface area (Å²) in [5.41, 5.74) is 9.53. The summed E-state index contributed by atoms with van der Waals surface area (Å²) >= 11 is 0. The smallest absolute Gasteiger partial charge is 0.250 e. The molecule has 0 atom stereocenters. The molecule has 0 spiro atoms. The zero-order valence-electron chi connectivity index (χ0n) is 11.8. The second-order valence-corrected chi connectivity index (χ2v) is 5.27. The van der Waals surface area contributed by atoms with Crippen molar-refractivity contribution in [1.29, 1.82) is 0 Å². The van der Waals surface area contributed by atoms with Gasteiger partial charge in [-0.25, -0.2) is 0 Å². The molecule has 1 amide bonds. The summed E-state index contributed by atoms with van der Waals surface area (Å²) in [5.74, 6) is -0.369. The van der Waals surface area contributed by atoms with E-state index in [4.69, 9.17) is 5.73 Å². The van der Waals surface area contributed by atoms with Crippen LogP contribution in [0.4, 0.5) is 0 Å². The number of fused-ring (bicyclic) bond motifs is 1. The average molecular weight is 278 g/mol. The maximum Gasteiger partial charge on any atom is 0.250 e. The number of benzene rings is 2. The first-order valence-electron chi connectivity index (χ1n) is 7.12. The fourth-order valence-corrected chi connectivity index (χ4v) is 2.69. The van der Waals surface area contributed by atoms with Crippen molar-refractivity contribution in [3.8, 4) is 0 Å². The number of hydrogen-bond donors (Lipinski definition) is 1. The molecule has 1 aliphatic rings. The predicted molar refractivity (Wildman–Crippen MR) is 84.2 cm³/mol. The van der Waals surface area contributed by atoms with Crippen LogP contribution in [0.5, 0.6) is 0 Å². The van der Waals surface area contributed by atoms with Crippen LogP contribution in [0.2, 0.25) is 0 Å². The summed E-state index contributed by atoms with van der Waals surface area (Å²) in [4.78, 5) is 13.8. The fraction of sp³-hybridized carbons (Fsp3) is 0.167. The number of carbonyl (C=O) groups excluding carboxylic acids is 1. The predicted octanol–water partition coefficient (Wildman–Crippen LogP) is 2.57. The Morgan fingerprint density at radius 2 is 1.76 bits per heavy atom. The third-order valence-electron chi connectivity index (χ3n) is 3.79. The van der Waals surface area contributed by atoms with Gasteiger partial charge in [-0.1, -0.05) is 54.6 Å². The molecule has 1 aliphatic heterocycles. The summed E-state index contributed by atoms with van der Waals surface area (Å²) in [5, 5.41) is 0. The van der Waals surface area contributed by atoms with Gasteiger partial charge in [0.1, 0.15) is 0 Å². The van der Waals surface area contributed by atoms with Gasteiger partial charge in [0.25, 0.3) is 5.91 Å². The highest BCUT2D eigenvalue weighted by molar-refractivity contribution is 6.19. The van der Waals surface area contributed by atoms with Crippen LogP contribution < -0.4 is 5.73 Å². The van der Waals surface area contributed by atoms with Gasteiger partial charge in [-0.3, -0.25) is 4.79 Å². The number of hydrogen-bond acceptors (Lipinski definition) is 2. The summed E-state index contributed by atoms with van der Waals surface area (Å²) in [7, 11) is 0. The maximum atomic E-state index is 11.7. The van der Waals surface area contributed by atoms with Gasteiger partial charge in [0.2, 0.25) is 0 Å². The van der Waals surface area contributed by atoms with Crippen molar-refractivity contribution in [2.75, 3.05) is 6.54 Å². The summed E-state index contributed by atoms with van der Waals surface area (Å²) < 4.78 is 0. The zero-order chi connectivity index (χ0) is 14.7. The molecule has 0 aliphatic carbocycles. The molecule has 106 valence electrons. The van der Waals surface area contributed by atoms with Gasteiger partial charge in [-0.05, 0) is 23.1 Å². The van der Waals surface area contributed by atoms with Crippen molar-refractivity contribution >= 4 is 11.5 Å². The molecule has 0 saturated carbocycles. The molecule has 1 heterocycles. The van der Waals surface area contributed by atoms with Crippen molar-refractivity contribution in [2.24, 2.45) is 5.73 Å². The van der Waals surface area contributed by atoms with Gasteiger partial charge >= 0.3 is 0 Å². The summed E-state index contributed by atoms with van der Waals surface area (Å²) in [6.07, 6.45) is 2.85. The molecule has 3 nitrogen and oxygen atoms in total. The average Bonchev–Trinajstić information content (AvgIpc) is 2.53. The molecule has 2 N–H and O–H groups in total. The standard InChI is InChI=1S/C18H18N2O/c19-18(21)17-13-20(11-10-14-6-2-1-3-7-14)12-15-8-4-5-9-16(15)17/h1-9,13H,10-12H2,(H2,19,21). The van der Waals surface area contributed by atoms with Crippen molar-refractivity contribution in [1.82, 2.24) is 4.90 Å². The first kappa shape index (κ1) is 13.4. The Hall–Kier alpha value is -2.55. The molecule has 0 radical (unpaired) electrons. The van der Waals surface area contributed by atoms with E-state index in [0.717, 1.165) is 30.6 Å². The molecule has 0 saturated heterocycles. The van der Waals surface area contributed by atoms with Gasteiger partial charge in [0.15, 0.2) is 0 Å². The number of amides is 1. The topological polar surface area (TPSA) is 46.3 Å². The highest BCUT2D eigenvalue weighted by atomic mass is 16.1. The zero-order valence-corrected chi connectivity index (χ0v) is 11.8. The van der Waals surface area contributed by atoms with E-state index in [9.17, 15) is 4.79 Å². The molecule has 3 rings (SSSR count). The Kier molecular flexibility index (Phi) is 3.73. The van der Waals surface area contributed by atoms with Gasteiger partial charge < -0.3 is 10.6 Å². The molecular formula is C18H18N2O. The molecule has 0 fully saturated rings. The van der Waals surface area contributed by atoms with Gasteiger partial charge in [-0.2, -0.15) is 0 Å². The monoisotopic (exact) mass is 278 g/mol. The van der Waals surface area contributed by atoms with E-state index in [2.05, 4.69) is 23.1 Å². The van der Waals surface area contributed by atoms with E-state index < -0.39 is 0 Å². The highest BCUT2D eigenvalue weighted by Crippen LogP contribution is 2.26. The molecule has 0 aromatic heterocycles. The molecule has 21 heavy (non-hydrogen) atoms. The second kappa shape index (κ2) is 5.83. The lowest BCUT2D eigenvalue weighted by Gasteiger charge is -2.28. The SMILES string of the molecule is NC(=O)C1=CN(CCc2ccccc2)Cc2ccccc21. The molecule has 0 bridgehead atoms. The minimum atomic E-state index is -0.369. The normalized spacial score (nSPS) is 13.5. The number of primary amides is 1. The van der Waals surface area contributed by atoms with E-state index in [1.54, 1.807) is 0 Å². The van der Waals surface area contributed by atoms with Crippen LogP contribution in [0.3, 0.4) is 0 Å². The third kappa shape index (κ3) is 2.97. The Bertz CT molecular complexity index is 677. The lowest BCUT2D eigenvalue weighted by Crippen LogP contribution is -2.27. The molecule has 2 aromatic carbocycles. The van der Waals surface area contributed by atoms with E-state index in [1.165, 1.54) is 5.56 Å². The maximum absolute atomic E-state index is 11.7. The van der Waals surface area contributed by atoms with Crippen LogP contribution in [-0.4, -0.2) is 17.4 Å². The first-order chi connectivity index (χ1) is 10.2. The van der Waals surface area contributed by atoms with Crippen LogP contribution in [0.15, 0.2) is 60.8 Å². The lowest BCUT2D eigenvalue weighted by atomic mass is 9.96. The quantitative estimate of drug-likeness (QED) is 0.934. The molecular weight excluding hydrogens is 260 g/mol. The molecule has 0 unspecified atom stereocenters. The molecule has 2 aromatic rings. The largest absolute Gasteiger partial charge is 0.372 e. The second-order valence-electron chi connectivity index (χ2n) is 5.27. The lowest BCUT2D eigenvalue weighted by molar-refractivity contribution is -0.112. The summed E-state index contributed by atoms with van der Waals surface area (Å²) in [6.45, 7) is 1.69. The molecule has 3 heteroatoms. The van der Waals surface area contributed by atoms with E-state index in [-0.39, 0.29) is 5.91 Å². The Morgan fingerprint density at radius 1 is 1.05 bits per heavy atom. The van der Waals surface area contributed by atoms with E-state index in [0.29, 0.717) is 5.57 Å². The van der Waals surface area contributed by atoms with Crippen LogP contribution >= 0.6 is 0 Å². The van der Waals surface area contributed by atoms with Crippen molar-refractivity contribution in [3.63, 3.8) is 0 Å². The van der Waals surface area contributed by atoms with Gasteiger partial charge in [-0.15, -0.1) is 0 Å². The number of nitrogens with two attached hydrogens (primary N) is 1. The number of nitrogens with zero attached hydrogens (tertiary/aromatic N) is 1. The van der Waals surface area contributed by atoms with Crippen molar-refractivity contribution in [3.05, 3.63) is 77.5 Å². The highest BCUT2D eigenvalue weighted by Gasteiger charge is 2.19. The van der Waals surface area contributed by atoms with Crippen LogP contribution in [0.1, 0.15) is 16.7 Å². The Balaban J connectivity index is 1.79. The van der Waals surface area contributed by atoms with Crippen molar-refractivity contribution in [2.45, 2.75) is 13.0 Å². The first-order valence-corrected chi connectivity index (χ1v) is 7.12. The van der Waals surface area contributed by atoms with E-state index >= 15 is 0 Å². The Morgan fingerprint density at radius 3 is 2.52 bits per heavy atom. The van der Waals surface area contributed by atoms with Gasteiger partial charge in [0.05, 0.1) is 5.57 Å². The summed E-state index contributed by atoms with van der Waals surface area (Å²) in [6, 6.07) is 18.3. The minimum absolute atomic E-state index is 0.369. The van der Waals surface area contributed by atoms with E-state index in [1.807, 2.05) is 42.6 Å².